The van der Waals surface area contributed by atoms with Gasteiger partial charge in [0.25, 0.3) is 0 Å². The lowest BCUT2D eigenvalue weighted by Crippen LogP contribution is -2.33. The topological polar surface area (TPSA) is 58.6 Å². The van der Waals surface area contributed by atoms with E-state index in [-0.39, 0.29) is 18.2 Å². The minimum atomic E-state index is -0.338. The Kier molecular flexibility index (Phi) is 5.74. The van der Waals surface area contributed by atoms with E-state index in [4.69, 9.17) is 4.74 Å². The molecule has 2 rings (SSSR count). The maximum atomic E-state index is 12.3. The number of ether oxygens (including phenoxy) is 1. The van der Waals surface area contributed by atoms with Crippen molar-refractivity contribution in [2.24, 2.45) is 0 Å². The second-order valence-corrected chi connectivity index (χ2v) is 4.93. The maximum Gasteiger partial charge on any atom is 0.236 e. The van der Waals surface area contributed by atoms with E-state index in [0.717, 1.165) is 5.69 Å². The number of amides is 2. The summed E-state index contributed by atoms with van der Waals surface area (Å²) in [5, 5.41) is 2.71. The molecule has 0 aliphatic rings. The summed E-state index contributed by atoms with van der Waals surface area (Å²) in [7, 11) is 1.58. The van der Waals surface area contributed by atoms with Crippen molar-refractivity contribution >= 4 is 23.2 Å². The van der Waals surface area contributed by atoms with Gasteiger partial charge in [-0.05, 0) is 43.3 Å². The summed E-state index contributed by atoms with van der Waals surface area (Å²) in [6, 6.07) is 16.3. The van der Waals surface area contributed by atoms with Gasteiger partial charge in [-0.25, -0.2) is 0 Å². The third-order valence-corrected chi connectivity index (χ3v) is 3.37. The molecule has 0 spiro atoms. The Hall–Kier alpha value is -2.82. The van der Waals surface area contributed by atoms with Crippen LogP contribution in [0.2, 0.25) is 0 Å². The molecular weight excluding hydrogens is 292 g/mol. The van der Waals surface area contributed by atoms with Gasteiger partial charge in [-0.2, -0.15) is 0 Å². The fourth-order valence-electron chi connectivity index (χ4n) is 2.22. The molecule has 2 amide bonds. The van der Waals surface area contributed by atoms with Crippen molar-refractivity contribution in [1.29, 1.82) is 0 Å². The molecule has 5 nitrogen and oxygen atoms in total. The molecule has 0 bridgehead atoms. The first-order chi connectivity index (χ1) is 11.1. The molecule has 0 saturated heterocycles. The van der Waals surface area contributed by atoms with Crippen molar-refractivity contribution in [2.75, 3.05) is 23.9 Å². The summed E-state index contributed by atoms with van der Waals surface area (Å²) >= 11 is 0. The molecule has 1 N–H and O–H groups in total. The molecule has 120 valence electrons. The zero-order valence-corrected chi connectivity index (χ0v) is 13.3. The normalized spacial score (nSPS) is 10.0. The van der Waals surface area contributed by atoms with Crippen LogP contribution in [0.1, 0.15) is 13.3 Å². The second kappa shape index (κ2) is 7.98. The van der Waals surface area contributed by atoms with Crippen LogP contribution in [0.3, 0.4) is 0 Å². The van der Waals surface area contributed by atoms with Gasteiger partial charge in [0.05, 0.1) is 7.11 Å². The third kappa shape index (κ3) is 4.57. The first-order valence-corrected chi connectivity index (χ1v) is 7.43. The van der Waals surface area contributed by atoms with E-state index in [1.54, 1.807) is 36.3 Å². The fourth-order valence-corrected chi connectivity index (χ4v) is 2.22. The molecule has 2 aromatic carbocycles. The van der Waals surface area contributed by atoms with E-state index in [2.05, 4.69) is 5.32 Å². The van der Waals surface area contributed by atoms with Crippen LogP contribution in [0.4, 0.5) is 11.4 Å². The zero-order valence-electron chi connectivity index (χ0n) is 13.3. The van der Waals surface area contributed by atoms with E-state index >= 15 is 0 Å². The van der Waals surface area contributed by atoms with E-state index in [9.17, 15) is 9.59 Å². The maximum absolute atomic E-state index is 12.3. The molecule has 0 unspecified atom stereocenters. The van der Waals surface area contributed by atoms with Crippen LogP contribution in [0.15, 0.2) is 54.6 Å². The predicted molar refractivity (Wildman–Crippen MR) is 90.7 cm³/mol. The van der Waals surface area contributed by atoms with Crippen LogP contribution in [-0.2, 0) is 9.59 Å². The number of hydrogen-bond donors (Lipinski definition) is 1. The fraction of sp³-hybridized carbons (Fsp3) is 0.222. The van der Waals surface area contributed by atoms with Gasteiger partial charge < -0.3 is 15.0 Å². The Bertz CT molecular complexity index is 654. The van der Waals surface area contributed by atoms with Crippen molar-refractivity contribution in [3.8, 4) is 5.75 Å². The number of para-hydroxylation sites is 1. The van der Waals surface area contributed by atoms with Crippen molar-refractivity contribution in [2.45, 2.75) is 13.3 Å². The first-order valence-electron chi connectivity index (χ1n) is 7.43. The van der Waals surface area contributed by atoms with Crippen molar-refractivity contribution in [3.05, 3.63) is 54.6 Å². The number of carbonyl (C=O) groups excluding carboxylic acids is 2. The van der Waals surface area contributed by atoms with Gasteiger partial charge in [0, 0.05) is 17.9 Å². The van der Waals surface area contributed by atoms with Crippen molar-refractivity contribution in [3.63, 3.8) is 0 Å². The Morgan fingerprint density at radius 3 is 2.26 bits per heavy atom. The highest BCUT2D eigenvalue weighted by Crippen LogP contribution is 2.16. The molecule has 0 aliphatic carbocycles. The molecule has 0 aromatic heterocycles. The lowest BCUT2D eigenvalue weighted by Gasteiger charge is -2.20. The Morgan fingerprint density at radius 2 is 1.70 bits per heavy atom. The van der Waals surface area contributed by atoms with Crippen LogP contribution < -0.4 is 15.0 Å². The highest BCUT2D eigenvalue weighted by molar-refractivity contribution is 6.09. The monoisotopic (exact) mass is 312 g/mol. The van der Waals surface area contributed by atoms with Gasteiger partial charge in [-0.15, -0.1) is 0 Å². The van der Waals surface area contributed by atoms with Crippen LogP contribution in [0.25, 0.3) is 0 Å². The molecule has 0 heterocycles. The average Bonchev–Trinajstić information content (AvgIpc) is 2.57. The standard InChI is InChI=1S/C18H20N2O3/c1-3-20(15-7-5-4-6-8-15)18(22)13-17(21)19-14-9-11-16(23-2)12-10-14/h4-12H,3,13H2,1-2H3,(H,19,21). The quantitative estimate of drug-likeness (QED) is 0.834. The van der Waals surface area contributed by atoms with E-state index in [0.29, 0.717) is 18.0 Å². The van der Waals surface area contributed by atoms with E-state index in [1.165, 1.54) is 0 Å². The highest BCUT2D eigenvalue weighted by atomic mass is 16.5. The number of benzene rings is 2. The first kappa shape index (κ1) is 16.5. The lowest BCUT2D eigenvalue weighted by molar-refractivity contribution is -0.125. The molecule has 0 fully saturated rings. The average molecular weight is 312 g/mol. The molecule has 0 radical (unpaired) electrons. The zero-order chi connectivity index (χ0) is 16.7. The molecule has 23 heavy (non-hydrogen) atoms. The minimum Gasteiger partial charge on any atom is -0.497 e. The molecule has 0 aliphatic heterocycles. The van der Waals surface area contributed by atoms with Crippen LogP contribution in [-0.4, -0.2) is 25.5 Å². The molecule has 5 heteroatoms. The summed E-state index contributed by atoms with van der Waals surface area (Å²) < 4.78 is 5.06. The van der Waals surface area contributed by atoms with Gasteiger partial charge in [0.15, 0.2) is 0 Å². The number of methoxy groups -OCH3 is 1. The van der Waals surface area contributed by atoms with Crippen LogP contribution in [0, 0.1) is 0 Å². The SMILES string of the molecule is CCN(C(=O)CC(=O)Nc1ccc(OC)cc1)c1ccccc1. The summed E-state index contributed by atoms with van der Waals surface area (Å²) in [6.45, 7) is 2.39. The van der Waals surface area contributed by atoms with Gasteiger partial charge >= 0.3 is 0 Å². The summed E-state index contributed by atoms with van der Waals surface area (Å²) in [5.74, 6) is 0.138. The minimum absolute atomic E-state index is 0.200. The third-order valence-electron chi connectivity index (χ3n) is 3.37. The molecular formula is C18H20N2O3. The van der Waals surface area contributed by atoms with Crippen molar-refractivity contribution in [1.82, 2.24) is 0 Å². The van der Waals surface area contributed by atoms with Crippen LogP contribution in [0.5, 0.6) is 5.75 Å². The van der Waals surface area contributed by atoms with Gasteiger partial charge in [-0.1, -0.05) is 18.2 Å². The summed E-state index contributed by atoms with van der Waals surface area (Å²) in [6.07, 6.45) is -0.200. The van der Waals surface area contributed by atoms with E-state index < -0.39 is 0 Å². The largest absolute Gasteiger partial charge is 0.497 e. The number of carbonyl (C=O) groups is 2. The van der Waals surface area contributed by atoms with Crippen LogP contribution >= 0.6 is 0 Å². The second-order valence-electron chi connectivity index (χ2n) is 4.93. The Morgan fingerprint density at radius 1 is 1.04 bits per heavy atom. The molecule has 2 aromatic rings. The summed E-state index contributed by atoms with van der Waals surface area (Å²) in [5.41, 5.74) is 1.42. The van der Waals surface area contributed by atoms with Gasteiger partial charge in [0.1, 0.15) is 12.2 Å². The molecule has 0 saturated carbocycles. The number of nitrogens with one attached hydrogen (secondary N) is 1. The van der Waals surface area contributed by atoms with Gasteiger partial charge in [-0.3, -0.25) is 9.59 Å². The number of hydrogen-bond acceptors (Lipinski definition) is 3. The van der Waals surface area contributed by atoms with E-state index in [1.807, 2.05) is 37.3 Å². The van der Waals surface area contributed by atoms with Gasteiger partial charge in [0.2, 0.25) is 11.8 Å². The Labute approximate surface area is 135 Å². The highest BCUT2D eigenvalue weighted by Gasteiger charge is 2.17. The Balaban J connectivity index is 1.96. The number of anilines is 2. The lowest BCUT2D eigenvalue weighted by atomic mass is 10.2. The molecule has 0 atom stereocenters. The predicted octanol–water partition coefficient (Wildman–Crippen LogP) is 3.08. The summed E-state index contributed by atoms with van der Waals surface area (Å²) in [4.78, 5) is 26.0. The van der Waals surface area contributed by atoms with Crippen molar-refractivity contribution < 1.29 is 14.3 Å². The smallest absolute Gasteiger partial charge is 0.236 e. The number of rotatable bonds is 6. The number of nitrogens with zero attached hydrogens (tertiary/aromatic N) is 1.